The zero-order valence-electron chi connectivity index (χ0n) is 18.7. The van der Waals surface area contributed by atoms with E-state index in [2.05, 4.69) is 5.32 Å². The number of halogens is 1. The van der Waals surface area contributed by atoms with E-state index in [-0.39, 0.29) is 16.6 Å². The Morgan fingerprint density at radius 3 is 2.36 bits per heavy atom. The smallest absolute Gasteiger partial charge is 0.255 e. The number of nitrogens with one attached hydrogen (secondary N) is 1. The summed E-state index contributed by atoms with van der Waals surface area (Å²) in [6.07, 6.45) is 5.11. The first-order valence-corrected chi connectivity index (χ1v) is 12.9. The number of ether oxygens (including phenoxy) is 1. The van der Waals surface area contributed by atoms with Crippen LogP contribution in [0.5, 0.6) is 5.75 Å². The van der Waals surface area contributed by atoms with E-state index in [0.29, 0.717) is 30.1 Å². The van der Waals surface area contributed by atoms with Gasteiger partial charge in [0.15, 0.2) is 0 Å². The Hall–Kier alpha value is -2.78. The van der Waals surface area contributed by atoms with Crippen LogP contribution in [-0.4, -0.2) is 58.1 Å². The molecule has 178 valence electrons. The summed E-state index contributed by atoms with van der Waals surface area (Å²) in [5.74, 6) is -0.336. The van der Waals surface area contributed by atoms with Crippen LogP contribution >= 0.6 is 11.6 Å². The molecule has 10 heteroatoms. The van der Waals surface area contributed by atoms with Crippen molar-refractivity contribution in [2.75, 3.05) is 42.6 Å². The Labute approximate surface area is 199 Å². The molecule has 0 aromatic heterocycles. The first-order chi connectivity index (χ1) is 15.7. The fourth-order valence-corrected chi connectivity index (χ4v) is 4.85. The molecule has 0 unspecified atom stereocenters. The molecule has 0 saturated carbocycles. The molecule has 2 aromatic carbocycles. The third-order valence-corrected chi connectivity index (χ3v) is 6.87. The van der Waals surface area contributed by atoms with Crippen LogP contribution in [0, 0.1) is 0 Å². The normalized spacial score (nSPS) is 14.3. The molecule has 33 heavy (non-hydrogen) atoms. The zero-order valence-corrected chi connectivity index (χ0v) is 20.3. The lowest BCUT2D eigenvalue weighted by molar-refractivity contribution is -0.114. The molecular formula is C23H28ClN3O5S. The van der Waals surface area contributed by atoms with Crippen molar-refractivity contribution in [1.29, 1.82) is 0 Å². The summed E-state index contributed by atoms with van der Waals surface area (Å²) in [5, 5.41) is 2.93. The highest BCUT2D eigenvalue weighted by molar-refractivity contribution is 7.92. The maximum atomic E-state index is 13.1. The molecule has 1 aliphatic rings. The Kier molecular flexibility index (Phi) is 8.20. The van der Waals surface area contributed by atoms with E-state index >= 15 is 0 Å². The van der Waals surface area contributed by atoms with Gasteiger partial charge in [-0.15, -0.1) is 0 Å². The number of nitrogens with zero attached hydrogens (tertiary/aromatic N) is 2. The Balaban J connectivity index is 1.80. The van der Waals surface area contributed by atoms with Gasteiger partial charge in [-0.1, -0.05) is 36.6 Å². The number of carbonyl (C=O) groups is 2. The zero-order chi connectivity index (χ0) is 24.0. The van der Waals surface area contributed by atoms with Crippen molar-refractivity contribution in [2.24, 2.45) is 0 Å². The summed E-state index contributed by atoms with van der Waals surface area (Å²) in [6, 6.07) is 11.2. The molecule has 2 aromatic rings. The van der Waals surface area contributed by atoms with E-state index in [0.717, 1.165) is 36.2 Å². The number of sulfonamides is 1. The summed E-state index contributed by atoms with van der Waals surface area (Å²) >= 11 is 6.14. The second kappa shape index (κ2) is 10.9. The number of hydrogen-bond donors (Lipinski definition) is 1. The SMILES string of the molecule is COc1ccc(N(CC(=O)Nc2ccccc2C(=O)N2CCCCCC2)S(C)(=O)=O)cc1Cl. The predicted molar refractivity (Wildman–Crippen MR) is 130 cm³/mol. The first-order valence-electron chi connectivity index (χ1n) is 10.7. The molecule has 3 rings (SSSR count). The minimum atomic E-state index is -3.79. The molecular weight excluding hydrogens is 466 g/mol. The Morgan fingerprint density at radius 1 is 1.09 bits per heavy atom. The van der Waals surface area contributed by atoms with Crippen molar-refractivity contribution in [3.8, 4) is 5.75 Å². The molecule has 1 N–H and O–H groups in total. The van der Waals surface area contributed by atoms with Gasteiger partial charge in [0.2, 0.25) is 15.9 Å². The number of carbonyl (C=O) groups excluding carboxylic acids is 2. The number of rotatable bonds is 7. The summed E-state index contributed by atoms with van der Waals surface area (Å²) in [6.45, 7) is 0.885. The molecule has 1 aliphatic heterocycles. The lowest BCUT2D eigenvalue weighted by Crippen LogP contribution is -2.38. The number of benzene rings is 2. The second-order valence-corrected chi connectivity index (χ2v) is 10.2. The maximum Gasteiger partial charge on any atom is 0.255 e. The predicted octanol–water partition coefficient (Wildman–Crippen LogP) is 3.77. The van der Waals surface area contributed by atoms with Crippen LogP contribution in [0.25, 0.3) is 0 Å². The van der Waals surface area contributed by atoms with Gasteiger partial charge in [-0.25, -0.2) is 8.42 Å². The quantitative estimate of drug-likeness (QED) is 0.633. The van der Waals surface area contributed by atoms with Gasteiger partial charge in [-0.05, 0) is 43.2 Å². The van der Waals surface area contributed by atoms with E-state index < -0.39 is 22.5 Å². The van der Waals surface area contributed by atoms with Crippen LogP contribution in [0.4, 0.5) is 11.4 Å². The summed E-state index contributed by atoms with van der Waals surface area (Å²) < 4.78 is 30.9. The highest BCUT2D eigenvalue weighted by Gasteiger charge is 2.24. The van der Waals surface area contributed by atoms with Gasteiger partial charge in [0.25, 0.3) is 5.91 Å². The molecule has 0 atom stereocenters. The van der Waals surface area contributed by atoms with Gasteiger partial charge in [0, 0.05) is 13.1 Å². The van der Waals surface area contributed by atoms with Gasteiger partial charge in [0.1, 0.15) is 12.3 Å². The minimum absolute atomic E-state index is 0.144. The summed E-state index contributed by atoms with van der Waals surface area (Å²) in [5.41, 5.74) is 0.955. The number of para-hydroxylation sites is 1. The number of amides is 2. The molecule has 0 spiro atoms. The topological polar surface area (TPSA) is 96.0 Å². The molecule has 1 saturated heterocycles. The first kappa shape index (κ1) is 24.9. The van der Waals surface area contributed by atoms with E-state index in [1.165, 1.54) is 25.3 Å². The number of hydrogen-bond acceptors (Lipinski definition) is 5. The van der Waals surface area contributed by atoms with Gasteiger partial charge in [-0.2, -0.15) is 0 Å². The lowest BCUT2D eigenvalue weighted by atomic mass is 10.1. The number of likely N-dealkylation sites (tertiary alicyclic amines) is 1. The highest BCUT2D eigenvalue weighted by Crippen LogP contribution is 2.30. The van der Waals surface area contributed by atoms with Gasteiger partial charge in [0.05, 0.1) is 35.3 Å². The van der Waals surface area contributed by atoms with Gasteiger partial charge in [-0.3, -0.25) is 13.9 Å². The highest BCUT2D eigenvalue weighted by atomic mass is 35.5. The standard InChI is InChI=1S/C23H28ClN3O5S/c1-32-21-12-11-17(15-19(21)24)27(33(2,30)31)16-22(28)25-20-10-6-5-9-18(20)23(29)26-13-7-3-4-8-14-26/h5-6,9-12,15H,3-4,7-8,13-14,16H2,1-2H3,(H,25,28). The van der Waals surface area contributed by atoms with Crippen LogP contribution in [0.1, 0.15) is 36.0 Å². The minimum Gasteiger partial charge on any atom is -0.495 e. The monoisotopic (exact) mass is 493 g/mol. The van der Waals surface area contributed by atoms with Crippen molar-refractivity contribution < 1.29 is 22.7 Å². The largest absolute Gasteiger partial charge is 0.495 e. The van der Waals surface area contributed by atoms with Gasteiger partial charge >= 0.3 is 0 Å². The van der Waals surface area contributed by atoms with Crippen LogP contribution in [0.15, 0.2) is 42.5 Å². The fraction of sp³-hybridized carbons (Fsp3) is 0.391. The number of anilines is 2. The van der Waals surface area contributed by atoms with Crippen LogP contribution in [0.2, 0.25) is 5.02 Å². The molecule has 0 bridgehead atoms. The van der Waals surface area contributed by atoms with E-state index in [1.54, 1.807) is 29.2 Å². The number of methoxy groups -OCH3 is 1. The van der Waals surface area contributed by atoms with Crippen molar-refractivity contribution in [3.63, 3.8) is 0 Å². The molecule has 1 heterocycles. The summed E-state index contributed by atoms with van der Waals surface area (Å²) in [7, 11) is -2.34. The second-order valence-electron chi connectivity index (χ2n) is 7.89. The third kappa shape index (κ3) is 6.39. The molecule has 0 radical (unpaired) electrons. The molecule has 2 amide bonds. The Bertz CT molecular complexity index is 1110. The molecule has 8 nitrogen and oxygen atoms in total. The lowest BCUT2D eigenvalue weighted by Gasteiger charge is -2.24. The molecule has 1 fully saturated rings. The van der Waals surface area contributed by atoms with Crippen LogP contribution in [0.3, 0.4) is 0 Å². The van der Waals surface area contributed by atoms with E-state index in [9.17, 15) is 18.0 Å². The Morgan fingerprint density at radius 2 is 1.76 bits per heavy atom. The van der Waals surface area contributed by atoms with Gasteiger partial charge < -0.3 is 15.0 Å². The molecule has 0 aliphatic carbocycles. The average Bonchev–Trinajstić information content (AvgIpc) is 3.06. The fourth-order valence-electron chi connectivity index (χ4n) is 3.75. The van der Waals surface area contributed by atoms with Crippen LogP contribution in [-0.2, 0) is 14.8 Å². The maximum absolute atomic E-state index is 13.1. The van der Waals surface area contributed by atoms with E-state index in [4.69, 9.17) is 16.3 Å². The van der Waals surface area contributed by atoms with Crippen LogP contribution < -0.4 is 14.4 Å². The van der Waals surface area contributed by atoms with Crippen molar-refractivity contribution >= 4 is 44.8 Å². The van der Waals surface area contributed by atoms with E-state index in [1.807, 2.05) is 0 Å². The van der Waals surface area contributed by atoms with Crippen molar-refractivity contribution in [3.05, 3.63) is 53.1 Å². The average molecular weight is 494 g/mol. The third-order valence-electron chi connectivity index (χ3n) is 5.44. The van der Waals surface area contributed by atoms with Crippen molar-refractivity contribution in [1.82, 2.24) is 4.90 Å². The summed E-state index contributed by atoms with van der Waals surface area (Å²) in [4.78, 5) is 27.8. The van der Waals surface area contributed by atoms with Crippen molar-refractivity contribution in [2.45, 2.75) is 25.7 Å².